The van der Waals surface area contributed by atoms with Crippen LogP contribution in [0.2, 0.25) is 5.02 Å². The molecule has 1 heterocycles. The number of rotatable bonds is 3. The third kappa shape index (κ3) is 2.02. The fraction of sp³-hybridized carbons (Fsp3) is 0.250. The number of aryl methyl sites for hydroxylation is 1. The molecular weight excluding hydrogens is 373 g/mol. The smallest absolute Gasteiger partial charge is 0.346 e. The van der Waals surface area contributed by atoms with Crippen molar-refractivity contribution in [3.63, 3.8) is 0 Å². The van der Waals surface area contributed by atoms with Crippen LogP contribution in [0.4, 0.5) is 10.1 Å². The minimum absolute atomic E-state index is 0.220. The highest BCUT2D eigenvalue weighted by Crippen LogP contribution is 2.71. The average Bonchev–Trinajstić information content (AvgIpc) is 3.15. The number of imide groups is 1. The summed E-state index contributed by atoms with van der Waals surface area (Å²) in [5, 5.41) is 0.391. The first-order valence-electron chi connectivity index (χ1n) is 8.28. The van der Waals surface area contributed by atoms with Crippen molar-refractivity contribution in [2.24, 2.45) is 5.92 Å². The predicted molar refractivity (Wildman–Crippen MR) is 96.1 cm³/mol. The molecule has 1 saturated heterocycles. The molecule has 0 aromatic heterocycles. The van der Waals surface area contributed by atoms with Crippen molar-refractivity contribution in [2.75, 3.05) is 12.0 Å². The average molecular weight is 388 g/mol. The highest BCUT2D eigenvalue weighted by atomic mass is 35.5. The van der Waals surface area contributed by atoms with Gasteiger partial charge in [-0.3, -0.25) is 9.59 Å². The molecule has 0 N–H and O–H groups in total. The van der Waals surface area contributed by atoms with E-state index in [0.717, 1.165) is 17.6 Å². The molecule has 3 atom stereocenters. The predicted octanol–water partition coefficient (Wildman–Crippen LogP) is 2.97. The molecule has 0 spiro atoms. The lowest BCUT2D eigenvalue weighted by Gasteiger charge is -2.24. The van der Waals surface area contributed by atoms with Gasteiger partial charge in [0, 0.05) is 5.02 Å². The summed E-state index contributed by atoms with van der Waals surface area (Å²) in [4.78, 5) is 39.4. The summed E-state index contributed by atoms with van der Waals surface area (Å²) < 4.78 is 20.3. The fourth-order valence-electron chi connectivity index (χ4n) is 4.06. The Labute approximate surface area is 159 Å². The van der Waals surface area contributed by atoms with E-state index in [4.69, 9.17) is 11.6 Å². The Balaban J connectivity index is 1.87. The van der Waals surface area contributed by atoms with E-state index in [-0.39, 0.29) is 5.56 Å². The van der Waals surface area contributed by atoms with Crippen LogP contribution < -0.4 is 4.90 Å². The number of carbonyl (C=O) groups is 3. The van der Waals surface area contributed by atoms with Crippen molar-refractivity contribution < 1.29 is 23.5 Å². The summed E-state index contributed by atoms with van der Waals surface area (Å²) >= 11 is 5.90. The van der Waals surface area contributed by atoms with Crippen LogP contribution in [-0.2, 0) is 24.5 Å². The fourth-order valence-corrected chi connectivity index (χ4v) is 4.18. The first-order chi connectivity index (χ1) is 12.8. The summed E-state index contributed by atoms with van der Waals surface area (Å²) in [6, 6.07) is 12.6. The lowest BCUT2D eigenvalue weighted by atomic mass is 9.90. The Hall–Kier alpha value is -2.73. The van der Waals surface area contributed by atoms with Crippen LogP contribution in [0.1, 0.15) is 11.1 Å². The summed E-state index contributed by atoms with van der Waals surface area (Å²) in [6.07, 6.45) is 0. The van der Waals surface area contributed by atoms with Gasteiger partial charge in [-0.05, 0) is 36.8 Å². The molecule has 138 valence electrons. The van der Waals surface area contributed by atoms with Gasteiger partial charge in [-0.2, -0.15) is 0 Å². The second-order valence-corrected chi connectivity index (χ2v) is 7.20. The summed E-state index contributed by atoms with van der Waals surface area (Å²) in [5.41, 5.74) is -3.16. The number of esters is 1. The van der Waals surface area contributed by atoms with Crippen molar-refractivity contribution in [3.05, 3.63) is 64.7 Å². The zero-order valence-corrected chi connectivity index (χ0v) is 15.3. The molecule has 1 aliphatic heterocycles. The van der Waals surface area contributed by atoms with Crippen LogP contribution in [0.15, 0.2) is 48.5 Å². The molecule has 2 amide bonds. The number of hydrogen-bond donors (Lipinski definition) is 0. The zero-order chi connectivity index (χ0) is 19.6. The highest BCUT2D eigenvalue weighted by Gasteiger charge is 2.94. The van der Waals surface area contributed by atoms with Gasteiger partial charge < -0.3 is 4.74 Å². The number of halogens is 2. The van der Waals surface area contributed by atoms with E-state index in [0.29, 0.717) is 10.7 Å². The lowest BCUT2D eigenvalue weighted by molar-refractivity contribution is -0.152. The Morgan fingerprint density at radius 2 is 1.70 bits per heavy atom. The lowest BCUT2D eigenvalue weighted by Crippen LogP contribution is -2.46. The molecule has 27 heavy (non-hydrogen) atoms. The maximum Gasteiger partial charge on any atom is 0.346 e. The molecule has 1 saturated carbocycles. The molecule has 4 rings (SSSR count). The molecule has 0 bridgehead atoms. The van der Waals surface area contributed by atoms with Crippen molar-refractivity contribution in [2.45, 2.75) is 18.0 Å². The van der Waals surface area contributed by atoms with Crippen LogP contribution >= 0.6 is 11.6 Å². The van der Waals surface area contributed by atoms with Gasteiger partial charge in [0.2, 0.25) is 17.5 Å². The maximum absolute atomic E-state index is 15.7. The first kappa shape index (κ1) is 17.7. The highest BCUT2D eigenvalue weighted by molar-refractivity contribution is 6.34. The molecule has 2 fully saturated rings. The number of hydrogen-bond acceptors (Lipinski definition) is 4. The van der Waals surface area contributed by atoms with Crippen molar-refractivity contribution in [1.82, 2.24) is 0 Å². The Bertz CT molecular complexity index is 974. The summed E-state index contributed by atoms with van der Waals surface area (Å²) in [5.74, 6) is -4.23. The summed E-state index contributed by atoms with van der Waals surface area (Å²) in [6.45, 7) is 1.87. The Kier molecular flexibility index (Phi) is 3.69. The third-order valence-corrected chi connectivity index (χ3v) is 5.66. The third-order valence-electron chi connectivity index (χ3n) is 5.40. The van der Waals surface area contributed by atoms with Gasteiger partial charge in [-0.25, -0.2) is 14.1 Å². The van der Waals surface area contributed by atoms with Gasteiger partial charge in [-0.15, -0.1) is 0 Å². The van der Waals surface area contributed by atoms with Crippen LogP contribution in [0, 0.1) is 12.8 Å². The van der Waals surface area contributed by atoms with Crippen LogP contribution in [-0.4, -0.2) is 30.6 Å². The van der Waals surface area contributed by atoms with E-state index < -0.39 is 34.8 Å². The molecule has 5 nitrogen and oxygen atoms in total. The molecule has 2 aromatic carbocycles. The topological polar surface area (TPSA) is 63.7 Å². The number of methoxy groups -OCH3 is 1. The number of piperidine rings is 1. The number of nitrogens with zero attached hydrogens (tertiary/aromatic N) is 1. The van der Waals surface area contributed by atoms with E-state index in [1.165, 1.54) is 24.3 Å². The first-order valence-corrected chi connectivity index (χ1v) is 8.66. The zero-order valence-electron chi connectivity index (χ0n) is 14.5. The number of alkyl halides is 1. The number of amides is 2. The largest absolute Gasteiger partial charge is 0.467 e. The minimum atomic E-state index is -2.73. The molecule has 3 unspecified atom stereocenters. The quantitative estimate of drug-likeness (QED) is 0.600. The van der Waals surface area contributed by atoms with E-state index >= 15 is 4.39 Å². The number of fused-ring (bicyclic) bond motifs is 1. The molecular formula is C20H15ClFNO4. The molecule has 1 aliphatic carbocycles. The Morgan fingerprint density at radius 3 is 2.26 bits per heavy atom. The number of benzene rings is 2. The van der Waals surface area contributed by atoms with Gasteiger partial charge in [0.05, 0.1) is 12.8 Å². The molecule has 2 aromatic rings. The van der Waals surface area contributed by atoms with Crippen molar-refractivity contribution >= 4 is 35.1 Å². The van der Waals surface area contributed by atoms with Crippen molar-refractivity contribution in [1.29, 1.82) is 0 Å². The van der Waals surface area contributed by atoms with E-state index in [9.17, 15) is 14.4 Å². The van der Waals surface area contributed by atoms with E-state index in [1.54, 1.807) is 24.3 Å². The molecule has 0 radical (unpaired) electrons. The second kappa shape index (κ2) is 5.63. The summed E-state index contributed by atoms with van der Waals surface area (Å²) in [7, 11) is 1.03. The monoisotopic (exact) mass is 387 g/mol. The second-order valence-electron chi connectivity index (χ2n) is 6.77. The van der Waals surface area contributed by atoms with E-state index in [1.807, 2.05) is 6.92 Å². The van der Waals surface area contributed by atoms with Crippen LogP contribution in [0.3, 0.4) is 0 Å². The van der Waals surface area contributed by atoms with Gasteiger partial charge in [0.25, 0.3) is 0 Å². The molecule has 7 heteroatoms. The SMILES string of the molecule is COC(=O)C1(F)C2C(=O)N(c3ccc(C)cc3)C(=O)C21c1ccc(Cl)cc1. The Morgan fingerprint density at radius 1 is 1.11 bits per heavy atom. The van der Waals surface area contributed by atoms with Gasteiger partial charge >= 0.3 is 5.97 Å². The molecule has 2 aliphatic rings. The van der Waals surface area contributed by atoms with E-state index in [2.05, 4.69) is 4.74 Å². The van der Waals surface area contributed by atoms with Gasteiger partial charge in [-0.1, -0.05) is 41.4 Å². The van der Waals surface area contributed by atoms with Crippen LogP contribution in [0.5, 0.6) is 0 Å². The number of ether oxygens (including phenoxy) is 1. The van der Waals surface area contributed by atoms with Crippen molar-refractivity contribution in [3.8, 4) is 0 Å². The number of anilines is 1. The minimum Gasteiger partial charge on any atom is -0.467 e. The maximum atomic E-state index is 15.7. The number of carbonyl (C=O) groups excluding carboxylic acids is 3. The normalized spacial score (nSPS) is 28.9. The van der Waals surface area contributed by atoms with Gasteiger partial charge in [0.15, 0.2) is 0 Å². The van der Waals surface area contributed by atoms with Gasteiger partial charge in [0.1, 0.15) is 11.3 Å². The standard InChI is InChI=1S/C20H15ClFNO4/c1-11-3-9-14(10-4-11)23-16(24)15-19(17(23)25,20(15,22)18(26)27-2)12-5-7-13(21)8-6-12/h3-10,15H,1-2H3. The van der Waals surface area contributed by atoms with Crippen LogP contribution in [0.25, 0.3) is 0 Å².